The van der Waals surface area contributed by atoms with Gasteiger partial charge >= 0.3 is 0 Å². The van der Waals surface area contributed by atoms with Gasteiger partial charge in [0.05, 0.1) is 4.92 Å². The summed E-state index contributed by atoms with van der Waals surface area (Å²) in [4.78, 5) is 22.2. The largest absolute Gasteiger partial charge is 0.320 e. The summed E-state index contributed by atoms with van der Waals surface area (Å²) in [5, 5.41) is 16.7. The number of rotatable bonds is 5. The molecule has 0 aliphatic rings. The van der Waals surface area contributed by atoms with Crippen LogP contribution in [-0.4, -0.2) is 22.9 Å². The standard InChI is InChI=1S/C14H21N3O3/c1-10-5-6-11(12(9-10)17(19)20)16-13(18)7-8-15-14(2,3)4/h5-6,9,15H,7-8H2,1-4H3,(H,16,18). The van der Waals surface area contributed by atoms with Crippen molar-refractivity contribution >= 4 is 17.3 Å². The number of hydrogen-bond acceptors (Lipinski definition) is 4. The van der Waals surface area contributed by atoms with E-state index in [4.69, 9.17) is 0 Å². The molecule has 1 aromatic carbocycles. The van der Waals surface area contributed by atoms with Crippen LogP contribution in [-0.2, 0) is 4.79 Å². The topological polar surface area (TPSA) is 84.3 Å². The Bertz CT molecular complexity index is 507. The summed E-state index contributed by atoms with van der Waals surface area (Å²) in [6.07, 6.45) is 0.266. The Kier molecular flexibility index (Phi) is 5.21. The summed E-state index contributed by atoms with van der Waals surface area (Å²) in [6.45, 7) is 8.32. The van der Waals surface area contributed by atoms with E-state index >= 15 is 0 Å². The number of carbonyl (C=O) groups excluding carboxylic acids is 1. The Morgan fingerprint density at radius 2 is 2.00 bits per heavy atom. The van der Waals surface area contributed by atoms with Crippen LogP contribution in [0.4, 0.5) is 11.4 Å². The molecule has 0 fully saturated rings. The summed E-state index contributed by atoms with van der Waals surface area (Å²) in [6, 6.07) is 4.74. The lowest BCUT2D eigenvalue weighted by Gasteiger charge is -2.20. The van der Waals surface area contributed by atoms with Crippen molar-refractivity contribution in [2.24, 2.45) is 0 Å². The maximum atomic E-state index is 11.8. The molecular weight excluding hydrogens is 258 g/mol. The molecule has 0 aliphatic carbocycles. The molecule has 2 N–H and O–H groups in total. The summed E-state index contributed by atoms with van der Waals surface area (Å²) >= 11 is 0. The van der Waals surface area contributed by atoms with E-state index < -0.39 is 4.92 Å². The Labute approximate surface area is 118 Å². The van der Waals surface area contributed by atoms with Crippen LogP contribution in [0.15, 0.2) is 18.2 Å². The van der Waals surface area contributed by atoms with E-state index in [0.717, 1.165) is 5.56 Å². The second-order valence-electron chi connectivity index (χ2n) is 5.75. The quantitative estimate of drug-likeness (QED) is 0.641. The number of anilines is 1. The van der Waals surface area contributed by atoms with E-state index in [-0.39, 0.29) is 29.2 Å². The highest BCUT2D eigenvalue weighted by atomic mass is 16.6. The molecule has 1 rings (SSSR count). The van der Waals surface area contributed by atoms with Crippen LogP contribution in [0.1, 0.15) is 32.8 Å². The van der Waals surface area contributed by atoms with E-state index in [2.05, 4.69) is 10.6 Å². The molecule has 20 heavy (non-hydrogen) atoms. The van der Waals surface area contributed by atoms with E-state index in [0.29, 0.717) is 6.54 Å². The van der Waals surface area contributed by atoms with Gasteiger partial charge in [0, 0.05) is 24.6 Å². The lowest BCUT2D eigenvalue weighted by atomic mass is 10.1. The SMILES string of the molecule is Cc1ccc(NC(=O)CCNC(C)(C)C)c([N+](=O)[O-])c1. The van der Waals surface area contributed by atoms with Crippen LogP contribution in [0.3, 0.4) is 0 Å². The predicted molar refractivity (Wildman–Crippen MR) is 78.8 cm³/mol. The highest BCUT2D eigenvalue weighted by Crippen LogP contribution is 2.25. The predicted octanol–water partition coefficient (Wildman–Crippen LogP) is 2.62. The summed E-state index contributed by atoms with van der Waals surface area (Å²) < 4.78 is 0. The summed E-state index contributed by atoms with van der Waals surface area (Å²) in [5.74, 6) is -0.242. The highest BCUT2D eigenvalue weighted by molar-refractivity contribution is 5.93. The Balaban J connectivity index is 2.64. The van der Waals surface area contributed by atoms with Gasteiger partial charge in [0.2, 0.25) is 5.91 Å². The molecule has 0 spiro atoms. The van der Waals surface area contributed by atoms with Gasteiger partial charge in [0.1, 0.15) is 5.69 Å². The van der Waals surface area contributed by atoms with Gasteiger partial charge in [0.25, 0.3) is 5.69 Å². The first kappa shape index (κ1) is 16.1. The molecule has 0 aromatic heterocycles. The first-order chi connectivity index (χ1) is 9.19. The van der Waals surface area contributed by atoms with E-state index in [9.17, 15) is 14.9 Å². The molecule has 0 saturated heterocycles. The Hall–Kier alpha value is -1.95. The second kappa shape index (κ2) is 6.47. The number of aryl methyl sites for hydroxylation is 1. The third-order valence-electron chi connectivity index (χ3n) is 2.63. The van der Waals surface area contributed by atoms with Crippen LogP contribution in [0.5, 0.6) is 0 Å². The molecular formula is C14H21N3O3. The number of nitrogens with one attached hydrogen (secondary N) is 2. The zero-order valence-electron chi connectivity index (χ0n) is 12.3. The van der Waals surface area contributed by atoms with Crippen molar-refractivity contribution in [3.05, 3.63) is 33.9 Å². The minimum absolute atomic E-state index is 0.0594. The minimum Gasteiger partial charge on any atom is -0.320 e. The average molecular weight is 279 g/mol. The van der Waals surface area contributed by atoms with Crippen molar-refractivity contribution in [3.8, 4) is 0 Å². The third kappa shape index (κ3) is 5.36. The lowest BCUT2D eigenvalue weighted by molar-refractivity contribution is -0.384. The minimum atomic E-state index is -0.490. The fourth-order valence-electron chi connectivity index (χ4n) is 1.66. The Morgan fingerprint density at radius 1 is 1.35 bits per heavy atom. The zero-order valence-corrected chi connectivity index (χ0v) is 12.3. The summed E-state index contributed by atoms with van der Waals surface area (Å²) in [5.41, 5.74) is 0.878. The van der Waals surface area contributed by atoms with Gasteiger partial charge in [-0.25, -0.2) is 0 Å². The smallest absolute Gasteiger partial charge is 0.293 e. The number of nitrogens with zero attached hydrogens (tertiary/aromatic N) is 1. The van der Waals surface area contributed by atoms with Crippen molar-refractivity contribution in [2.45, 2.75) is 39.7 Å². The molecule has 1 aromatic rings. The first-order valence-electron chi connectivity index (χ1n) is 6.49. The van der Waals surface area contributed by atoms with Crippen molar-refractivity contribution in [3.63, 3.8) is 0 Å². The van der Waals surface area contributed by atoms with Gasteiger partial charge < -0.3 is 10.6 Å². The van der Waals surface area contributed by atoms with Crippen LogP contribution in [0.25, 0.3) is 0 Å². The van der Waals surface area contributed by atoms with Crippen LogP contribution in [0, 0.1) is 17.0 Å². The van der Waals surface area contributed by atoms with Crippen molar-refractivity contribution in [1.29, 1.82) is 0 Å². The number of nitro benzene ring substituents is 1. The number of benzene rings is 1. The molecule has 6 nitrogen and oxygen atoms in total. The molecule has 0 unspecified atom stereocenters. The van der Waals surface area contributed by atoms with E-state index in [1.165, 1.54) is 6.07 Å². The lowest BCUT2D eigenvalue weighted by Crippen LogP contribution is -2.37. The van der Waals surface area contributed by atoms with E-state index in [1.807, 2.05) is 20.8 Å². The molecule has 0 saturated carbocycles. The molecule has 0 atom stereocenters. The first-order valence-corrected chi connectivity index (χ1v) is 6.49. The highest BCUT2D eigenvalue weighted by Gasteiger charge is 2.16. The normalized spacial score (nSPS) is 11.2. The van der Waals surface area contributed by atoms with Crippen LogP contribution in [0.2, 0.25) is 0 Å². The van der Waals surface area contributed by atoms with Gasteiger partial charge in [-0.15, -0.1) is 0 Å². The fraction of sp³-hybridized carbons (Fsp3) is 0.500. The monoisotopic (exact) mass is 279 g/mol. The average Bonchev–Trinajstić information content (AvgIpc) is 2.29. The van der Waals surface area contributed by atoms with E-state index in [1.54, 1.807) is 19.1 Å². The maximum Gasteiger partial charge on any atom is 0.293 e. The molecule has 0 bridgehead atoms. The second-order valence-corrected chi connectivity index (χ2v) is 5.75. The van der Waals surface area contributed by atoms with Crippen molar-refractivity contribution in [2.75, 3.05) is 11.9 Å². The molecule has 0 aliphatic heterocycles. The Morgan fingerprint density at radius 3 is 2.55 bits per heavy atom. The fourth-order valence-corrected chi connectivity index (χ4v) is 1.66. The molecule has 0 radical (unpaired) electrons. The van der Waals surface area contributed by atoms with Gasteiger partial charge in [-0.2, -0.15) is 0 Å². The number of amides is 1. The summed E-state index contributed by atoms with van der Waals surface area (Å²) in [7, 11) is 0. The number of nitro groups is 1. The maximum absolute atomic E-state index is 11.8. The van der Waals surface area contributed by atoms with Crippen molar-refractivity contribution in [1.82, 2.24) is 5.32 Å². The molecule has 110 valence electrons. The third-order valence-corrected chi connectivity index (χ3v) is 2.63. The van der Waals surface area contributed by atoms with Gasteiger partial charge in [0.15, 0.2) is 0 Å². The molecule has 1 amide bonds. The molecule has 0 heterocycles. The van der Waals surface area contributed by atoms with Crippen molar-refractivity contribution < 1.29 is 9.72 Å². The van der Waals surface area contributed by atoms with Gasteiger partial charge in [-0.1, -0.05) is 6.07 Å². The van der Waals surface area contributed by atoms with Crippen LogP contribution < -0.4 is 10.6 Å². The van der Waals surface area contributed by atoms with Crippen LogP contribution >= 0.6 is 0 Å². The molecule has 6 heteroatoms. The number of hydrogen-bond donors (Lipinski definition) is 2. The van der Waals surface area contributed by atoms with Gasteiger partial charge in [-0.3, -0.25) is 14.9 Å². The number of carbonyl (C=O) groups is 1. The zero-order chi connectivity index (χ0) is 15.3. The van der Waals surface area contributed by atoms with Gasteiger partial charge in [-0.05, 0) is 39.3 Å².